The van der Waals surface area contributed by atoms with E-state index in [4.69, 9.17) is 19.7 Å². The van der Waals surface area contributed by atoms with Crippen LogP contribution in [-0.2, 0) is 10.0 Å². The largest absolute Gasteiger partial charge is 0.495 e. The van der Waals surface area contributed by atoms with Crippen LogP contribution in [0.25, 0.3) is 0 Å². The minimum absolute atomic E-state index is 0.0731. The number of nitrogens with one attached hydrogen (secondary N) is 1. The molecule has 114 valence electrons. The third kappa shape index (κ3) is 3.02. The second kappa shape index (κ2) is 5.52. The molecule has 0 amide bonds. The molecular formula is C12H15N3O5S. The molecule has 0 atom stereocenters. The van der Waals surface area contributed by atoms with Gasteiger partial charge in [-0.25, -0.2) is 8.42 Å². The van der Waals surface area contributed by atoms with Crippen molar-refractivity contribution in [3.05, 3.63) is 24.0 Å². The first-order valence-corrected chi connectivity index (χ1v) is 7.33. The Balaban J connectivity index is 2.46. The fraction of sp³-hybridized carbons (Fsp3) is 0.250. The Labute approximate surface area is 121 Å². The van der Waals surface area contributed by atoms with Crippen LogP contribution in [0.5, 0.6) is 11.5 Å². The van der Waals surface area contributed by atoms with Crippen LogP contribution in [0.4, 0.5) is 11.5 Å². The van der Waals surface area contributed by atoms with E-state index in [1.54, 1.807) is 6.92 Å². The molecular weight excluding hydrogens is 298 g/mol. The molecule has 2 rings (SSSR count). The predicted molar refractivity (Wildman–Crippen MR) is 76.0 cm³/mol. The minimum atomic E-state index is -3.92. The van der Waals surface area contributed by atoms with Crippen LogP contribution in [0.15, 0.2) is 27.6 Å². The summed E-state index contributed by atoms with van der Waals surface area (Å²) in [7, 11) is -1.15. The first-order valence-electron chi connectivity index (χ1n) is 5.85. The Bertz CT molecular complexity index is 754. The van der Waals surface area contributed by atoms with Crippen molar-refractivity contribution in [1.29, 1.82) is 0 Å². The number of rotatable bonds is 5. The predicted octanol–water partition coefficient (Wildman–Crippen LogP) is 1.38. The SMILES string of the molecule is COc1cc(OC)c(S(=O)(=O)Nc2cc(C)on2)cc1N. The molecule has 0 aliphatic heterocycles. The number of sulfonamides is 1. The van der Waals surface area contributed by atoms with Gasteiger partial charge in [0.1, 0.15) is 22.2 Å². The molecule has 0 unspecified atom stereocenters. The zero-order chi connectivity index (χ0) is 15.6. The number of aryl methyl sites for hydroxylation is 1. The van der Waals surface area contributed by atoms with Crippen LogP contribution >= 0.6 is 0 Å². The molecule has 0 saturated carbocycles. The van der Waals surface area contributed by atoms with Crippen LogP contribution < -0.4 is 19.9 Å². The van der Waals surface area contributed by atoms with Gasteiger partial charge < -0.3 is 19.7 Å². The van der Waals surface area contributed by atoms with Crippen molar-refractivity contribution in [2.75, 3.05) is 24.7 Å². The highest BCUT2D eigenvalue weighted by Gasteiger charge is 2.23. The maximum atomic E-state index is 12.4. The molecule has 0 aliphatic rings. The second-order valence-electron chi connectivity index (χ2n) is 4.17. The fourth-order valence-electron chi connectivity index (χ4n) is 1.71. The van der Waals surface area contributed by atoms with E-state index in [9.17, 15) is 8.42 Å². The molecule has 9 heteroatoms. The third-order valence-electron chi connectivity index (χ3n) is 2.67. The van der Waals surface area contributed by atoms with Gasteiger partial charge in [0.25, 0.3) is 10.0 Å². The lowest BCUT2D eigenvalue weighted by Crippen LogP contribution is -2.15. The first-order chi connectivity index (χ1) is 9.87. The van der Waals surface area contributed by atoms with Gasteiger partial charge in [-0.3, -0.25) is 4.72 Å². The molecule has 8 nitrogen and oxygen atoms in total. The van der Waals surface area contributed by atoms with Gasteiger partial charge in [0, 0.05) is 12.1 Å². The standard InChI is InChI=1S/C12H15N3O5S/c1-7-4-12(14-20-7)15-21(16,17)11-5-8(13)9(18-2)6-10(11)19-3/h4-6H,13H2,1-3H3,(H,14,15). The van der Waals surface area contributed by atoms with Crippen molar-refractivity contribution < 1.29 is 22.4 Å². The van der Waals surface area contributed by atoms with Crippen LogP contribution in [-0.4, -0.2) is 27.8 Å². The number of nitrogen functional groups attached to an aromatic ring is 1. The number of nitrogens with two attached hydrogens (primary N) is 1. The zero-order valence-electron chi connectivity index (χ0n) is 11.7. The summed E-state index contributed by atoms with van der Waals surface area (Å²) in [6.45, 7) is 1.65. The number of anilines is 2. The number of nitrogens with zero attached hydrogens (tertiary/aromatic N) is 1. The lowest BCUT2D eigenvalue weighted by Gasteiger charge is -2.13. The summed E-state index contributed by atoms with van der Waals surface area (Å²) in [5.74, 6) is 0.981. The highest BCUT2D eigenvalue weighted by molar-refractivity contribution is 7.92. The molecule has 1 aromatic carbocycles. The topological polar surface area (TPSA) is 117 Å². The summed E-state index contributed by atoms with van der Waals surface area (Å²) < 4.78 is 41.9. The molecule has 0 bridgehead atoms. The van der Waals surface area contributed by atoms with Gasteiger partial charge in [0.15, 0.2) is 5.82 Å². The van der Waals surface area contributed by atoms with Gasteiger partial charge in [0.2, 0.25) is 0 Å². The monoisotopic (exact) mass is 313 g/mol. The first kappa shape index (κ1) is 15.0. The molecule has 0 spiro atoms. The van der Waals surface area contributed by atoms with Gasteiger partial charge >= 0.3 is 0 Å². The maximum Gasteiger partial charge on any atom is 0.266 e. The molecule has 1 aromatic heterocycles. The molecule has 3 N–H and O–H groups in total. The van der Waals surface area contributed by atoms with Gasteiger partial charge in [-0.2, -0.15) is 0 Å². The lowest BCUT2D eigenvalue weighted by atomic mass is 10.3. The van der Waals surface area contributed by atoms with Crippen molar-refractivity contribution in [1.82, 2.24) is 5.16 Å². The van der Waals surface area contributed by atoms with E-state index in [0.29, 0.717) is 11.5 Å². The Hall–Kier alpha value is -2.42. The highest BCUT2D eigenvalue weighted by Crippen LogP contribution is 2.34. The fourth-order valence-corrected chi connectivity index (χ4v) is 2.88. The Morgan fingerprint density at radius 1 is 1.19 bits per heavy atom. The summed E-state index contributed by atoms with van der Waals surface area (Å²) >= 11 is 0. The summed E-state index contributed by atoms with van der Waals surface area (Å²) in [5.41, 5.74) is 5.92. The lowest BCUT2D eigenvalue weighted by molar-refractivity contribution is 0.387. The van der Waals surface area contributed by atoms with Gasteiger partial charge in [-0.05, 0) is 13.0 Å². The molecule has 21 heavy (non-hydrogen) atoms. The minimum Gasteiger partial charge on any atom is -0.495 e. The van der Waals surface area contributed by atoms with E-state index < -0.39 is 10.0 Å². The molecule has 1 heterocycles. The summed E-state index contributed by atoms with van der Waals surface area (Å²) in [5, 5.41) is 3.58. The number of hydrogen-bond donors (Lipinski definition) is 2. The molecule has 2 aromatic rings. The Morgan fingerprint density at radius 2 is 1.86 bits per heavy atom. The summed E-state index contributed by atoms with van der Waals surface area (Å²) in [4.78, 5) is -0.121. The summed E-state index contributed by atoms with van der Waals surface area (Å²) in [6, 6.07) is 4.11. The zero-order valence-corrected chi connectivity index (χ0v) is 12.5. The normalized spacial score (nSPS) is 11.2. The second-order valence-corrected chi connectivity index (χ2v) is 5.82. The average Bonchev–Trinajstić information content (AvgIpc) is 2.83. The molecule has 0 radical (unpaired) electrons. The van der Waals surface area contributed by atoms with E-state index in [0.717, 1.165) is 0 Å². The van der Waals surface area contributed by atoms with Crippen molar-refractivity contribution in [2.24, 2.45) is 0 Å². The highest BCUT2D eigenvalue weighted by atomic mass is 32.2. The maximum absolute atomic E-state index is 12.4. The van der Waals surface area contributed by atoms with Crippen molar-refractivity contribution in [2.45, 2.75) is 11.8 Å². The summed E-state index contributed by atoms with van der Waals surface area (Å²) in [6.07, 6.45) is 0. The smallest absolute Gasteiger partial charge is 0.266 e. The van der Waals surface area contributed by atoms with E-state index >= 15 is 0 Å². The number of ether oxygens (including phenoxy) is 2. The van der Waals surface area contributed by atoms with Crippen molar-refractivity contribution in [3.63, 3.8) is 0 Å². The Kier molecular flexibility index (Phi) is 3.94. The van der Waals surface area contributed by atoms with E-state index in [1.165, 1.54) is 32.4 Å². The van der Waals surface area contributed by atoms with Crippen molar-refractivity contribution in [3.8, 4) is 11.5 Å². The average molecular weight is 313 g/mol. The van der Waals surface area contributed by atoms with Gasteiger partial charge in [-0.1, -0.05) is 5.16 Å². The molecule has 0 fully saturated rings. The van der Waals surface area contributed by atoms with Crippen LogP contribution in [0.1, 0.15) is 5.76 Å². The van der Waals surface area contributed by atoms with Gasteiger partial charge in [0.05, 0.1) is 19.9 Å². The van der Waals surface area contributed by atoms with E-state index in [2.05, 4.69) is 9.88 Å². The van der Waals surface area contributed by atoms with E-state index in [-0.39, 0.29) is 22.2 Å². The van der Waals surface area contributed by atoms with E-state index in [1.807, 2.05) is 0 Å². The van der Waals surface area contributed by atoms with Crippen molar-refractivity contribution >= 4 is 21.5 Å². The van der Waals surface area contributed by atoms with Crippen LogP contribution in [0.3, 0.4) is 0 Å². The number of hydrogen-bond acceptors (Lipinski definition) is 7. The Morgan fingerprint density at radius 3 is 2.38 bits per heavy atom. The quantitative estimate of drug-likeness (QED) is 0.801. The van der Waals surface area contributed by atoms with Crippen LogP contribution in [0.2, 0.25) is 0 Å². The number of aromatic nitrogens is 1. The molecule has 0 saturated heterocycles. The third-order valence-corrected chi connectivity index (χ3v) is 4.05. The molecule has 0 aliphatic carbocycles. The number of benzene rings is 1. The number of methoxy groups -OCH3 is 2. The van der Waals surface area contributed by atoms with Crippen LogP contribution in [0, 0.1) is 6.92 Å². The van der Waals surface area contributed by atoms with Gasteiger partial charge in [-0.15, -0.1) is 0 Å².